The molecular formula is C13H25ClHf-6. The first kappa shape index (κ1) is 45.3. The SMILES string of the molecule is C=CCCl.[C-]1=CC=CC1.[CH3-].[CH3-].[CH3-].[CH3-].[CH3-].[Hf]. The summed E-state index contributed by atoms with van der Waals surface area (Å²) in [5, 5.41) is 0. The molecule has 0 atom stereocenters. The van der Waals surface area contributed by atoms with Crippen molar-refractivity contribution in [3.05, 3.63) is 74.1 Å². The Balaban J connectivity index is -0.0000000124. The number of rotatable bonds is 1. The van der Waals surface area contributed by atoms with Crippen LogP contribution in [0.2, 0.25) is 0 Å². The van der Waals surface area contributed by atoms with Crippen LogP contribution < -0.4 is 0 Å². The molecular weight excluding hydrogens is 370 g/mol. The van der Waals surface area contributed by atoms with Gasteiger partial charge in [0.1, 0.15) is 0 Å². The average Bonchev–Trinajstić information content (AvgIpc) is 2.43. The van der Waals surface area contributed by atoms with Crippen molar-refractivity contribution in [3.8, 4) is 0 Å². The van der Waals surface area contributed by atoms with Crippen molar-refractivity contribution in [2.45, 2.75) is 6.42 Å². The molecule has 0 heterocycles. The molecule has 0 spiro atoms. The van der Waals surface area contributed by atoms with Crippen molar-refractivity contribution in [3.63, 3.8) is 0 Å². The van der Waals surface area contributed by atoms with E-state index in [9.17, 15) is 0 Å². The molecule has 0 aromatic rings. The summed E-state index contributed by atoms with van der Waals surface area (Å²) in [4.78, 5) is 0. The molecule has 0 aromatic heterocycles. The van der Waals surface area contributed by atoms with Gasteiger partial charge >= 0.3 is 0 Å². The molecule has 0 radical (unpaired) electrons. The first-order valence-electron chi connectivity index (χ1n) is 2.80. The monoisotopic (exact) mass is 396 g/mol. The van der Waals surface area contributed by atoms with Crippen LogP contribution in [0.15, 0.2) is 30.9 Å². The number of halogens is 1. The van der Waals surface area contributed by atoms with E-state index in [1.807, 2.05) is 12.2 Å². The Morgan fingerprint density at radius 3 is 1.67 bits per heavy atom. The van der Waals surface area contributed by atoms with E-state index in [4.69, 9.17) is 11.6 Å². The van der Waals surface area contributed by atoms with Crippen LogP contribution in [0.3, 0.4) is 0 Å². The molecule has 2 heteroatoms. The summed E-state index contributed by atoms with van der Waals surface area (Å²) < 4.78 is 0. The molecule has 1 aliphatic carbocycles. The molecule has 0 bridgehead atoms. The first-order chi connectivity index (χ1) is 4.41. The minimum Gasteiger partial charge on any atom is -0.358 e. The second-order valence-corrected chi connectivity index (χ2v) is 1.75. The van der Waals surface area contributed by atoms with Crippen molar-refractivity contribution < 1.29 is 25.8 Å². The second kappa shape index (κ2) is 47.3. The largest absolute Gasteiger partial charge is 0.358 e. The predicted octanol–water partition coefficient (Wildman–Crippen LogP) is 4.97. The molecule has 0 N–H and O–H groups in total. The van der Waals surface area contributed by atoms with Crippen molar-refractivity contribution in [2.24, 2.45) is 0 Å². The molecule has 1 aliphatic rings. The van der Waals surface area contributed by atoms with Gasteiger partial charge in [-0.05, 0) is 0 Å². The average molecular weight is 395 g/mol. The third-order valence-corrected chi connectivity index (χ3v) is 0.913. The summed E-state index contributed by atoms with van der Waals surface area (Å²) in [6, 6.07) is 0. The van der Waals surface area contributed by atoms with E-state index in [2.05, 4.69) is 18.7 Å². The van der Waals surface area contributed by atoms with Crippen LogP contribution in [-0.2, 0) is 25.8 Å². The normalized spacial score (nSPS) is 7.53. The summed E-state index contributed by atoms with van der Waals surface area (Å²) in [5.41, 5.74) is 0. The molecule has 0 nitrogen and oxygen atoms in total. The predicted molar refractivity (Wildman–Crippen MR) is 74.6 cm³/mol. The zero-order valence-corrected chi connectivity index (χ0v) is 15.2. The van der Waals surface area contributed by atoms with E-state index < -0.39 is 0 Å². The maximum absolute atomic E-state index is 5.07. The van der Waals surface area contributed by atoms with Gasteiger partial charge in [0.05, 0.1) is 0 Å². The minimum absolute atomic E-state index is 0. The van der Waals surface area contributed by atoms with Gasteiger partial charge in [-0.2, -0.15) is 6.08 Å². The van der Waals surface area contributed by atoms with E-state index in [1.54, 1.807) is 6.08 Å². The molecule has 94 valence electrons. The van der Waals surface area contributed by atoms with Crippen LogP contribution in [0.4, 0.5) is 0 Å². The Bertz CT molecular complexity index is 108. The van der Waals surface area contributed by atoms with Crippen LogP contribution in [0.1, 0.15) is 6.42 Å². The van der Waals surface area contributed by atoms with Gasteiger partial charge < -0.3 is 37.1 Å². The van der Waals surface area contributed by atoms with Gasteiger partial charge in [-0.3, -0.25) is 6.08 Å². The van der Waals surface area contributed by atoms with E-state index >= 15 is 0 Å². The fraction of sp³-hybridized carbons (Fsp3) is 0.154. The van der Waals surface area contributed by atoms with Crippen LogP contribution in [0.25, 0.3) is 0 Å². The molecule has 15 heavy (non-hydrogen) atoms. The molecule has 0 fully saturated rings. The molecule has 0 aliphatic heterocycles. The molecule has 0 saturated carbocycles. The second-order valence-electron chi connectivity index (χ2n) is 1.45. The maximum atomic E-state index is 5.07. The fourth-order valence-corrected chi connectivity index (χ4v) is 0.340. The third kappa shape index (κ3) is 54.1. The summed E-state index contributed by atoms with van der Waals surface area (Å²) >= 11 is 5.07. The smallest absolute Gasteiger partial charge is 0.0401 e. The summed E-state index contributed by atoms with van der Waals surface area (Å²) in [5.74, 6) is 0.556. The Morgan fingerprint density at radius 1 is 1.20 bits per heavy atom. The van der Waals surface area contributed by atoms with Crippen molar-refractivity contribution in [1.82, 2.24) is 0 Å². The Labute approximate surface area is 123 Å². The Morgan fingerprint density at radius 2 is 1.60 bits per heavy atom. The van der Waals surface area contributed by atoms with Crippen molar-refractivity contribution in [2.75, 3.05) is 5.88 Å². The Kier molecular flexibility index (Phi) is 143. The van der Waals surface area contributed by atoms with Crippen LogP contribution in [-0.4, -0.2) is 5.88 Å². The summed E-state index contributed by atoms with van der Waals surface area (Å²) in [7, 11) is 0. The summed E-state index contributed by atoms with van der Waals surface area (Å²) in [6.07, 6.45) is 11.6. The van der Waals surface area contributed by atoms with Crippen molar-refractivity contribution in [1.29, 1.82) is 0 Å². The fourth-order valence-electron chi connectivity index (χ4n) is 0.340. The third-order valence-electron chi connectivity index (χ3n) is 0.695. The van der Waals surface area contributed by atoms with E-state index in [1.165, 1.54) is 0 Å². The topological polar surface area (TPSA) is 0 Å². The molecule has 0 aromatic carbocycles. The minimum atomic E-state index is 0. The van der Waals surface area contributed by atoms with Gasteiger partial charge in [0.2, 0.25) is 0 Å². The first-order valence-corrected chi connectivity index (χ1v) is 3.34. The number of hydrogen-bond donors (Lipinski definition) is 0. The molecule has 0 unspecified atom stereocenters. The van der Waals surface area contributed by atoms with Crippen LogP contribution in [0.5, 0.6) is 0 Å². The molecule has 0 saturated heterocycles. The van der Waals surface area contributed by atoms with E-state index in [0.29, 0.717) is 5.88 Å². The summed E-state index contributed by atoms with van der Waals surface area (Å²) in [6.45, 7) is 3.35. The number of allylic oxidation sites excluding steroid dienone is 5. The molecule has 0 amide bonds. The van der Waals surface area contributed by atoms with Gasteiger partial charge in [-0.25, -0.2) is 12.2 Å². The maximum Gasteiger partial charge on any atom is 0.0401 e. The zero-order valence-electron chi connectivity index (χ0n) is 10.8. The van der Waals surface area contributed by atoms with Crippen LogP contribution in [0, 0.1) is 43.2 Å². The van der Waals surface area contributed by atoms with E-state index in [0.717, 1.165) is 6.42 Å². The van der Waals surface area contributed by atoms with Crippen molar-refractivity contribution >= 4 is 11.6 Å². The van der Waals surface area contributed by atoms with Gasteiger partial charge in [-0.15, -0.1) is 24.6 Å². The number of hydrogen-bond acceptors (Lipinski definition) is 0. The van der Waals surface area contributed by atoms with E-state index in [-0.39, 0.29) is 63.0 Å². The Hall–Kier alpha value is 0.380. The zero-order chi connectivity index (χ0) is 6.95. The van der Waals surface area contributed by atoms with Crippen LogP contribution >= 0.6 is 11.6 Å². The van der Waals surface area contributed by atoms with Gasteiger partial charge in [-0.1, -0.05) is 6.08 Å². The molecule has 1 rings (SSSR count). The van der Waals surface area contributed by atoms with Gasteiger partial charge in [0.15, 0.2) is 0 Å². The van der Waals surface area contributed by atoms with Gasteiger partial charge in [0, 0.05) is 31.7 Å². The standard InChI is InChI=1S/C5H5.C3H5Cl.5CH3.Hf/c1-2-4-5-3-1;1-2-3-4;;;;;;/h1-3H,4H2;2H,1,3H2;5*1H3;/q-1;;5*-1;. The number of alkyl halides is 1. The quantitative estimate of drug-likeness (QED) is 0.255. The van der Waals surface area contributed by atoms with Gasteiger partial charge in [0.25, 0.3) is 0 Å².